The molecule has 7 nitrogen and oxygen atoms in total. The van der Waals surface area contributed by atoms with Crippen LogP contribution in [0.5, 0.6) is 0 Å². The van der Waals surface area contributed by atoms with E-state index in [1.54, 1.807) is 16.7 Å². The van der Waals surface area contributed by atoms with Gasteiger partial charge >= 0.3 is 0 Å². The summed E-state index contributed by atoms with van der Waals surface area (Å²) in [7, 11) is 0. The maximum Gasteiger partial charge on any atom is 0.267 e. The van der Waals surface area contributed by atoms with E-state index in [9.17, 15) is 9.59 Å². The van der Waals surface area contributed by atoms with Gasteiger partial charge in [0.05, 0.1) is 22.3 Å². The van der Waals surface area contributed by atoms with Crippen LogP contribution in [0.4, 0.5) is 0 Å². The SMILES string of the molecule is C=CCNC(=O)CSc1nnc2n(-c3cc(C)ccc3C)c(=O)c3ccccc3n12. The van der Waals surface area contributed by atoms with Crippen molar-refractivity contribution in [3.05, 3.63) is 76.6 Å². The Hall–Kier alpha value is -3.39. The average Bonchev–Trinajstić information content (AvgIpc) is 3.17. The Bertz CT molecular complexity index is 1340. The fraction of sp³-hybridized carbons (Fsp3) is 0.182. The van der Waals surface area contributed by atoms with E-state index >= 15 is 0 Å². The number of hydrogen-bond acceptors (Lipinski definition) is 5. The molecule has 0 spiro atoms. The van der Waals surface area contributed by atoms with E-state index < -0.39 is 0 Å². The fourth-order valence-electron chi connectivity index (χ4n) is 3.32. The van der Waals surface area contributed by atoms with Gasteiger partial charge in [0, 0.05) is 6.54 Å². The monoisotopic (exact) mass is 419 g/mol. The number of nitrogens with one attached hydrogen (secondary N) is 1. The maximum absolute atomic E-state index is 13.4. The van der Waals surface area contributed by atoms with Crippen molar-refractivity contribution in [1.82, 2.24) is 24.5 Å². The van der Waals surface area contributed by atoms with Crippen molar-refractivity contribution in [3.63, 3.8) is 0 Å². The van der Waals surface area contributed by atoms with Crippen LogP contribution < -0.4 is 10.9 Å². The molecule has 0 bridgehead atoms. The first kappa shape index (κ1) is 19.9. The molecule has 0 aliphatic carbocycles. The van der Waals surface area contributed by atoms with Crippen LogP contribution in [0.2, 0.25) is 0 Å². The lowest BCUT2D eigenvalue weighted by Gasteiger charge is -2.14. The summed E-state index contributed by atoms with van der Waals surface area (Å²) in [6, 6.07) is 13.3. The fourth-order valence-corrected chi connectivity index (χ4v) is 4.09. The third-order valence-corrected chi connectivity index (χ3v) is 5.71. The molecule has 0 aliphatic heterocycles. The van der Waals surface area contributed by atoms with Crippen molar-refractivity contribution in [2.45, 2.75) is 19.0 Å². The molecule has 4 rings (SSSR count). The number of benzene rings is 2. The summed E-state index contributed by atoms with van der Waals surface area (Å²) in [5, 5.41) is 12.5. The number of fused-ring (bicyclic) bond motifs is 3. The van der Waals surface area contributed by atoms with Crippen LogP contribution in [0.3, 0.4) is 0 Å². The van der Waals surface area contributed by atoms with Crippen molar-refractivity contribution in [2.24, 2.45) is 0 Å². The highest BCUT2D eigenvalue weighted by Crippen LogP contribution is 2.24. The van der Waals surface area contributed by atoms with Crippen molar-refractivity contribution < 1.29 is 4.79 Å². The second-order valence-corrected chi connectivity index (χ2v) is 7.89. The van der Waals surface area contributed by atoms with Crippen LogP contribution >= 0.6 is 11.8 Å². The number of amides is 1. The molecule has 0 unspecified atom stereocenters. The Morgan fingerprint density at radius 2 is 2.00 bits per heavy atom. The first-order valence-electron chi connectivity index (χ1n) is 9.48. The number of nitrogens with zero attached hydrogens (tertiary/aromatic N) is 4. The zero-order valence-electron chi connectivity index (χ0n) is 16.8. The van der Waals surface area contributed by atoms with Crippen LogP contribution in [0.25, 0.3) is 22.4 Å². The third-order valence-electron chi connectivity index (χ3n) is 4.78. The first-order chi connectivity index (χ1) is 14.5. The molecule has 4 aromatic rings. The number of rotatable bonds is 6. The highest BCUT2D eigenvalue weighted by Gasteiger charge is 2.19. The first-order valence-corrected chi connectivity index (χ1v) is 10.5. The van der Waals surface area contributed by atoms with E-state index in [0.717, 1.165) is 16.8 Å². The zero-order valence-corrected chi connectivity index (χ0v) is 17.6. The van der Waals surface area contributed by atoms with Gasteiger partial charge in [-0.3, -0.25) is 14.0 Å². The molecule has 2 aromatic carbocycles. The molecule has 8 heteroatoms. The number of para-hydroxylation sites is 1. The van der Waals surface area contributed by atoms with Gasteiger partial charge in [-0.15, -0.1) is 16.8 Å². The lowest BCUT2D eigenvalue weighted by molar-refractivity contribution is -0.118. The Labute approximate surface area is 177 Å². The summed E-state index contributed by atoms with van der Waals surface area (Å²) < 4.78 is 3.43. The van der Waals surface area contributed by atoms with E-state index in [1.807, 2.05) is 54.6 Å². The average molecular weight is 420 g/mol. The second kappa shape index (κ2) is 8.16. The van der Waals surface area contributed by atoms with Crippen LogP contribution in [0.15, 0.2) is 65.1 Å². The molecule has 30 heavy (non-hydrogen) atoms. The minimum Gasteiger partial charge on any atom is -0.352 e. The molecule has 0 radical (unpaired) electrons. The molecular formula is C22H21N5O2S. The minimum atomic E-state index is -0.153. The summed E-state index contributed by atoms with van der Waals surface area (Å²) in [6.45, 7) is 7.96. The topological polar surface area (TPSA) is 81.3 Å². The number of aromatic nitrogens is 4. The Balaban J connectivity index is 1.93. The van der Waals surface area contributed by atoms with Gasteiger partial charge < -0.3 is 5.32 Å². The summed E-state index contributed by atoms with van der Waals surface area (Å²) in [5.41, 5.74) is 3.32. The normalized spacial score (nSPS) is 11.1. The number of carbonyl (C=O) groups is 1. The highest BCUT2D eigenvalue weighted by molar-refractivity contribution is 7.99. The number of carbonyl (C=O) groups excluding carboxylic acids is 1. The number of hydrogen-bond donors (Lipinski definition) is 1. The van der Waals surface area contributed by atoms with Crippen LogP contribution in [-0.2, 0) is 4.79 Å². The van der Waals surface area contributed by atoms with E-state index in [4.69, 9.17) is 0 Å². The van der Waals surface area contributed by atoms with Gasteiger partial charge in [-0.25, -0.2) is 4.57 Å². The Morgan fingerprint density at radius 1 is 1.20 bits per heavy atom. The smallest absolute Gasteiger partial charge is 0.267 e. The van der Waals surface area contributed by atoms with Gasteiger partial charge in [-0.2, -0.15) is 0 Å². The van der Waals surface area contributed by atoms with Gasteiger partial charge in [-0.05, 0) is 43.2 Å². The van der Waals surface area contributed by atoms with Gasteiger partial charge in [0.2, 0.25) is 11.7 Å². The van der Waals surface area contributed by atoms with Crippen molar-refractivity contribution in [3.8, 4) is 5.69 Å². The molecule has 0 aliphatic rings. The van der Waals surface area contributed by atoms with Crippen LogP contribution in [0, 0.1) is 13.8 Å². The second-order valence-electron chi connectivity index (χ2n) is 6.95. The minimum absolute atomic E-state index is 0.121. The molecule has 152 valence electrons. The largest absolute Gasteiger partial charge is 0.352 e. The van der Waals surface area contributed by atoms with E-state index in [2.05, 4.69) is 22.1 Å². The molecule has 2 aromatic heterocycles. The molecule has 0 saturated carbocycles. The standard InChI is InChI=1S/C22H21N5O2S/c1-4-11-23-19(28)13-30-22-25-24-21-26(18-12-14(2)9-10-15(18)3)20(29)16-7-5-6-8-17(16)27(21)22/h4-10,12H,1,11,13H2,2-3H3,(H,23,28). The van der Waals surface area contributed by atoms with Crippen LogP contribution in [0.1, 0.15) is 11.1 Å². The Morgan fingerprint density at radius 3 is 2.80 bits per heavy atom. The Kier molecular flexibility index (Phi) is 5.41. The predicted molar refractivity (Wildman–Crippen MR) is 119 cm³/mol. The van der Waals surface area contributed by atoms with Crippen molar-refractivity contribution in [1.29, 1.82) is 0 Å². The molecule has 2 heterocycles. The summed E-state index contributed by atoms with van der Waals surface area (Å²) in [6.07, 6.45) is 1.63. The molecule has 0 saturated heterocycles. The molecule has 1 amide bonds. The lowest BCUT2D eigenvalue weighted by Crippen LogP contribution is -2.25. The van der Waals surface area contributed by atoms with Gasteiger partial charge in [-0.1, -0.05) is 42.1 Å². The van der Waals surface area contributed by atoms with E-state index in [-0.39, 0.29) is 17.2 Å². The van der Waals surface area contributed by atoms with Crippen LogP contribution in [-0.4, -0.2) is 37.4 Å². The highest BCUT2D eigenvalue weighted by atomic mass is 32.2. The molecule has 0 atom stereocenters. The van der Waals surface area contributed by atoms with E-state index in [0.29, 0.717) is 28.4 Å². The summed E-state index contributed by atoms with van der Waals surface area (Å²) in [5.74, 6) is 0.483. The van der Waals surface area contributed by atoms with Crippen molar-refractivity contribution in [2.75, 3.05) is 12.3 Å². The molecular weight excluding hydrogens is 398 g/mol. The van der Waals surface area contributed by atoms with Crippen molar-refractivity contribution >= 4 is 34.3 Å². The van der Waals surface area contributed by atoms with Gasteiger partial charge in [0.1, 0.15) is 0 Å². The lowest BCUT2D eigenvalue weighted by atomic mass is 10.1. The van der Waals surface area contributed by atoms with Gasteiger partial charge in [0.25, 0.3) is 5.56 Å². The summed E-state index contributed by atoms with van der Waals surface area (Å²) >= 11 is 1.27. The summed E-state index contributed by atoms with van der Waals surface area (Å²) in [4.78, 5) is 25.4. The van der Waals surface area contributed by atoms with Gasteiger partial charge in [0.15, 0.2) is 5.16 Å². The number of thioether (sulfide) groups is 1. The third kappa shape index (κ3) is 3.50. The van der Waals surface area contributed by atoms with E-state index in [1.165, 1.54) is 11.8 Å². The maximum atomic E-state index is 13.4. The predicted octanol–water partition coefficient (Wildman–Crippen LogP) is 3.04. The molecule has 1 N–H and O–H groups in total. The zero-order chi connectivity index (χ0) is 21.3. The number of aryl methyl sites for hydroxylation is 2. The molecule has 0 fully saturated rings. The quantitative estimate of drug-likeness (QED) is 0.384.